The number of nitrogens with one attached hydrogen (secondary N) is 4. The number of azo groups is 2. The molecule has 5 aromatic carbocycles. The van der Waals surface area contributed by atoms with Crippen molar-refractivity contribution in [3.05, 3.63) is 129 Å². The summed E-state index contributed by atoms with van der Waals surface area (Å²) in [6.45, 7) is 3.94. The van der Waals surface area contributed by atoms with Gasteiger partial charge in [-0.25, -0.2) is 0 Å². The molecule has 0 saturated heterocycles. The van der Waals surface area contributed by atoms with Crippen molar-refractivity contribution in [2.24, 2.45) is 20.5 Å². The molecule has 0 saturated carbocycles. The van der Waals surface area contributed by atoms with Crippen LogP contribution in [0, 0.1) is 0 Å². The third-order valence-corrected chi connectivity index (χ3v) is 11.3. The van der Waals surface area contributed by atoms with E-state index in [4.69, 9.17) is 67.5 Å². The van der Waals surface area contributed by atoms with Crippen molar-refractivity contribution in [2.75, 3.05) is 47.2 Å². The summed E-state index contributed by atoms with van der Waals surface area (Å²) < 4.78 is 10.9. The number of hydrogen-bond acceptors (Lipinski definition) is 12. The van der Waals surface area contributed by atoms with E-state index in [9.17, 15) is 28.8 Å². The average molecular weight is 1040 g/mol. The highest BCUT2D eigenvalue weighted by Gasteiger charge is 2.27. The maximum Gasteiger partial charge on any atom is 0.258 e. The lowest BCUT2D eigenvalue weighted by atomic mass is 10.1. The topological polar surface area (TPSA) is 218 Å². The number of Topliss-reactive ketones (excluding diaryl/α,β-unsaturated/α-hetero) is 2. The highest BCUT2D eigenvalue weighted by molar-refractivity contribution is 6.35. The van der Waals surface area contributed by atoms with Gasteiger partial charge in [0, 0.05) is 23.1 Å². The number of amides is 4. The number of halogens is 5. The van der Waals surface area contributed by atoms with E-state index in [1.54, 1.807) is 43.3 Å². The van der Waals surface area contributed by atoms with Crippen LogP contribution in [0.15, 0.2) is 111 Å². The molecule has 3 unspecified atom stereocenters. The molecule has 0 spiro atoms. The first-order valence-corrected chi connectivity index (χ1v) is 23.1. The second kappa shape index (κ2) is 25.3. The highest BCUT2D eigenvalue weighted by Crippen LogP contribution is 2.33. The summed E-state index contributed by atoms with van der Waals surface area (Å²) in [6.07, 6.45) is 1.21. The van der Waals surface area contributed by atoms with Gasteiger partial charge in [0.05, 0.1) is 63.5 Å². The molecule has 5 aromatic rings. The molecule has 0 aliphatic rings. The Bertz CT molecular complexity index is 2820. The van der Waals surface area contributed by atoms with Gasteiger partial charge in [0.2, 0.25) is 12.1 Å². The lowest BCUT2D eigenvalue weighted by Gasteiger charge is -2.17. The number of rotatable bonds is 21. The normalized spacial score (nSPS) is 12.5. The van der Waals surface area contributed by atoms with Crippen molar-refractivity contribution in [3.63, 3.8) is 0 Å². The minimum Gasteiger partial charge on any atom is -0.495 e. The van der Waals surface area contributed by atoms with Gasteiger partial charge in [-0.2, -0.15) is 20.5 Å². The van der Waals surface area contributed by atoms with E-state index in [0.717, 1.165) is 25.0 Å². The van der Waals surface area contributed by atoms with Crippen LogP contribution in [0.1, 0.15) is 63.6 Å². The highest BCUT2D eigenvalue weighted by atomic mass is 35.5. The smallest absolute Gasteiger partial charge is 0.258 e. The van der Waals surface area contributed by atoms with Crippen molar-refractivity contribution in [3.8, 4) is 11.5 Å². The molecule has 4 N–H and O–H groups in total. The number of ketones is 2. The Labute approximate surface area is 422 Å². The molecule has 0 aliphatic carbocycles. The Hall–Kier alpha value is -6.43. The quantitative estimate of drug-likeness (QED) is 0.0314. The Balaban J connectivity index is 1.27. The first-order valence-electron chi connectivity index (χ1n) is 20.9. The van der Waals surface area contributed by atoms with Crippen molar-refractivity contribution >= 4 is 127 Å². The fourth-order valence-corrected chi connectivity index (χ4v) is 7.49. The largest absolute Gasteiger partial charge is 0.495 e. The fraction of sp³-hybridized carbons (Fsp3) is 0.250. The Morgan fingerprint density at radius 3 is 1.41 bits per heavy atom. The van der Waals surface area contributed by atoms with Crippen LogP contribution in [0.5, 0.6) is 11.5 Å². The molecule has 3 atom stereocenters. The Morgan fingerprint density at radius 1 is 0.565 bits per heavy atom. The molecule has 16 nitrogen and oxygen atoms in total. The first kappa shape index (κ1) is 53.5. The number of anilines is 4. The molecule has 4 amide bonds. The van der Waals surface area contributed by atoms with Gasteiger partial charge in [-0.05, 0) is 129 Å². The second-order valence-corrected chi connectivity index (χ2v) is 17.3. The summed E-state index contributed by atoms with van der Waals surface area (Å²) in [5.74, 6) is -2.49. The van der Waals surface area contributed by atoms with Gasteiger partial charge in [0.15, 0.2) is 11.6 Å². The van der Waals surface area contributed by atoms with E-state index >= 15 is 0 Å². The summed E-state index contributed by atoms with van der Waals surface area (Å²) in [5, 5.41) is 26.4. The van der Waals surface area contributed by atoms with E-state index in [1.165, 1.54) is 68.8 Å². The van der Waals surface area contributed by atoms with Crippen LogP contribution >= 0.6 is 58.0 Å². The molecule has 0 radical (unpaired) electrons. The third kappa shape index (κ3) is 14.5. The predicted molar refractivity (Wildman–Crippen MR) is 270 cm³/mol. The average Bonchev–Trinajstić information content (AvgIpc) is 3.31. The number of alkyl halides is 3. The minimum atomic E-state index is -1.62. The number of carbonyl (C=O) groups is 6. The summed E-state index contributed by atoms with van der Waals surface area (Å²) in [5.41, 5.74) is 3.63. The molecule has 360 valence electrons. The molecular weight excluding hydrogens is 994 g/mol. The number of hydrogen-bond donors (Lipinski definition) is 4. The lowest BCUT2D eigenvalue weighted by molar-refractivity contribution is -0.127. The van der Waals surface area contributed by atoms with Crippen molar-refractivity contribution in [1.29, 1.82) is 0 Å². The van der Waals surface area contributed by atoms with Crippen LogP contribution in [-0.2, 0) is 32.0 Å². The standard InChI is InChI=1S/C48H45Cl5N8O8/c1-25(51)33-22-30(54-47(66)43(26(2)62)60-58-31-8-11-36(52)34(23-31)45(64)56-39-13-6-28(16-18-49)20-41(39)68-4)10-15-38(33)55-48(67)44(27(3)63)61-59-32-9-12-37(53)35(24-32)46(65)57-40-14-7-29(17-19-50)21-42(40)69-5/h6-15,20-25,43-44H,16-19H2,1-5H3,(H,54,66)(H,55,67)(H,56,64)(H,57,65). The predicted octanol–water partition coefficient (Wildman–Crippen LogP) is 11.7. The van der Waals surface area contributed by atoms with Crippen LogP contribution in [0.3, 0.4) is 0 Å². The number of carbonyl (C=O) groups excluding carboxylic acids is 6. The molecule has 21 heteroatoms. The number of methoxy groups -OCH3 is 2. The molecule has 0 aliphatic heterocycles. The molecule has 0 heterocycles. The van der Waals surface area contributed by atoms with Crippen molar-refractivity contribution < 1.29 is 38.2 Å². The van der Waals surface area contributed by atoms with Crippen LogP contribution in [0.4, 0.5) is 34.1 Å². The summed E-state index contributed by atoms with van der Waals surface area (Å²) in [4.78, 5) is 79.0. The van der Waals surface area contributed by atoms with E-state index in [0.29, 0.717) is 53.0 Å². The summed E-state index contributed by atoms with van der Waals surface area (Å²) in [6, 6.07) is 20.1. The summed E-state index contributed by atoms with van der Waals surface area (Å²) in [7, 11) is 2.94. The van der Waals surface area contributed by atoms with Crippen LogP contribution in [-0.4, -0.2) is 73.3 Å². The molecule has 0 aromatic heterocycles. The molecule has 5 rings (SSSR count). The Kier molecular flexibility index (Phi) is 19.6. The van der Waals surface area contributed by atoms with Gasteiger partial charge < -0.3 is 30.7 Å². The number of nitrogens with zero attached hydrogens (tertiary/aromatic N) is 4. The molecule has 0 fully saturated rings. The zero-order valence-corrected chi connectivity index (χ0v) is 41.4. The zero-order valence-electron chi connectivity index (χ0n) is 37.7. The van der Waals surface area contributed by atoms with Gasteiger partial charge in [0.1, 0.15) is 11.5 Å². The van der Waals surface area contributed by atoms with E-state index < -0.39 is 52.7 Å². The Morgan fingerprint density at radius 2 is 1.00 bits per heavy atom. The van der Waals surface area contributed by atoms with E-state index in [2.05, 4.69) is 41.7 Å². The van der Waals surface area contributed by atoms with Crippen molar-refractivity contribution in [2.45, 2.75) is 51.1 Å². The first-order chi connectivity index (χ1) is 33.0. The van der Waals surface area contributed by atoms with Crippen LogP contribution in [0.25, 0.3) is 0 Å². The van der Waals surface area contributed by atoms with E-state index in [1.807, 2.05) is 0 Å². The zero-order chi connectivity index (χ0) is 50.4. The summed E-state index contributed by atoms with van der Waals surface area (Å²) >= 11 is 31.0. The van der Waals surface area contributed by atoms with Gasteiger partial charge in [0.25, 0.3) is 23.6 Å². The van der Waals surface area contributed by atoms with Crippen LogP contribution < -0.4 is 30.7 Å². The van der Waals surface area contributed by atoms with Gasteiger partial charge in [-0.15, -0.1) is 34.8 Å². The number of ether oxygens (including phenoxy) is 2. The third-order valence-electron chi connectivity index (χ3n) is 10.0. The fourth-order valence-electron chi connectivity index (χ4n) is 6.47. The van der Waals surface area contributed by atoms with Gasteiger partial charge in [-0.1, -0.05) is 35.3 Å². The van der Waals surface area contributed by atoms with Gasteiger partial charge >= 0.3 is 0 Å². The molecule has 69 heavy (non-hydrogen) atoms. The number of aryl methyl sites for hydroxylation is 2. The van der Waals surface area contributed by atoms with Gasteiger partial charge in [-0.3, -0.25) is 28.8 Å². The SMILES string of the molecule is COc1cc(CCCl)ccc1NC(=O)c1cc(N=NC(C(C)=O)C(=O)Nc2ccc(NC(=O)C(N=Nc3ccc(Cl)c(C(=O)Nc4ccc(CCCl)cc4OC)c3)C(C)=O)c(C(C)Cl)c2)ccc1Cl. The lowest BCUT2D eigenvalue weighted by Crippen LogP contribution is -2.32. The maximum atomic E-state index is 13.5. The number of benzene rings is 5. The van der Waals surface area contributed by atoms with Crippen LogP contribution in [0.2, 0.25) is 10.0 Å². The monoisotopic (exact) mass is 1040 g/mol. The van der Waals surface area contributed by atoms with Crippen molar-refractivity contribution in [1.82, 2.24) is 0 Å². The van der Waals surface area contributed by atoms with E-state index in [-0.39, 0.29) is 43.9 Å². The molecule has 0 bridgehead atoms. The second-order valence-electron chi connectivity index (χ2n) is 15.0. The minimum absolute atomic E-state index is 0.0370. The maximum absolute atomic E-state index is 13.5. The molecular formula is C48H45Cl5N8O8.